The average molecular weight is 465 g/mol. The lowest BCUT2D eigenvalue weighted by molar-refractivity contribution is -0.160. The molecule has 0 rings (SSSR count). The monoisotopic (exact) mass is 464 g/mol. The molecule has 0 aliphatic rings. The summed E-state index contributed by atoms with van der Waals surface area (Å²) < 4.78 is 37.6. The van der Waals surface area contributed by atoms with Crippen LogP contribution < -0.4 is 0 Å². The van der Waals surface area contributed by atoms with Crippen molar-refractivity contribution in [1.82, 2.24) is 0 Å². The van der Waals surface area contributed by atoms with Gasteiger partial charge in [0.25, 0.3) is 0 Å². The largest absolute Gasteiger partial charge is 0.458 e. The third-order valence-corrected chi connectivity index (χ3v) is 4.14. The standard InChI is InChI=1S/C24H48O8/c1-5-6-7-8-9-10-11-26-12-13-27-14-15-28-16-17-29-18-19-30-20-21-31-22-23(25)32-24(2,3)4/h5-22H2,1-4H3. The van der Waals surface area contributed by atoms with Gasteiger partial charge in [0.05, 0.1) is 66.1 Å². The van der Waals surface area contributed by atoms with E-state index in [1.165, 1.54) is 32.1 Å². The second-order valence-corrected chi connectivity index (χ2v) is 8.47. The Kier molecular flexibility index (Phi) is 22.8. The number of carbonyl (C=O) groups is 1. The number of unbranched alkanes of at least 4 members (excludes halogenated alkanes) is 5. The van der Waals surface area contributed by atoms with E-state index in [4.69, 9.17) is 33.2 Å². The summed E-state index contributed by atoms with van der Waals surface area (Å²) in [6.07, 6.45) is 7.68. The summed E-state index contributed by atoms with van der Waals surface area (Å²) >= 11 is 0. The fraction of sp³-hybridized carbons (Fsp3) is 0.958. The van der Waals surface area contributed by atoms with Gasteiger partial charge in [0.15, 0.2) is 0 Å². The van der Waals surface area contributed by atoms with Gasteiger partial charge in [-0.2, -0.15) is 0 Å². The number of hydrogen-bond acceptors (Lipinski definition) is 8. The fourth-order valence-corrected chi connectivity index (χ4v) is 2.61. The van der Waals surface area contributed by atoms with E-state index in [0.717, 1.165) is 13.0 Å². The lowest BCUT2D eigenvalue weighted by Gasteiger charge is -2.19. The van der Waals surface area contributed by atoms with Gasteiger partial charge in [-0.25, -0.2) is 4.79 Å². The van der Waals surface area contributed by atoms with Gasteiger partial charge in [0, 0.05) is 6.61 Å². The Morgan fingerprint density at radius 1 is 0.531 bits per heavy atom. The van der Waals surface area contributed by atoms with Crippen molar-refractivity contribution < 1.29 is 38.0 Å². The smallest absolute Gasteiger partial charge is 0.332 e. The molecule has 0 unspecified atom stereocenters. The van der Waals surface area contributed by atoms with Crippen molar-refractivity contribution in [3.8, 4) is 0 Å². The highest BCUT2D eigenvalue weighted by Gasteiger charge is 2.15. The number of hydrogen-bond donors (Lipinski definition) is 0. The average Bonchev–Trinajstić information content (AvgIpc) is 2.73. The normalized spacial score (nSPS) is 11.8. The summed E-state index contributed by atoms with van der Waals surface area (Å²) in [5, 5.41) is 0. The van der Waals surface area contributed by atoms with Gasteiger partial charge < -0.3 is 33.2 Å². The Hall–Kier alpha value is -0.770. The summed E-state index contributed by atoms with van der Waals surface area (Å²) in [7, 11) is 0. The van der Waals surface area contributed by atoms with Crippen LogP contribution in [0.1, 0.15) is 66.2 Å². The highest BCUT2D eigenvalue weighted by atomic mass is 16.6. The molecule has 8 heteroatoms. The number of esters is 1. The zero-order valence-electron chi connectivity index (χ0n) is 21.0. The topological polar surface area (TPSA) is 81.7 Å². The third-order valence-electron chi connectivity index (χ3n) is 4.14. The Balaban J connectivity index is 3.10. The van der Waals surface area contributed by atoms with Crippen LogP contribution in [0.2, 0.25) is 0 Å². The lowest BCUT2D eigenvalue weighted by atomic mass is 10.1. The van der Waals surface area contributed by atoms with Crippen LogP contribution in [0.3, 0.4) is 0 Å². The summed E-state index contributed by atoms with van der Waals surface area (Å²) in [6, 6.07) is 0. The molecule has 0 amide bonds. The highest BCUT2D eigenvalue weighted by molar-refractivity contribution is 5.71. The first-order valence-corrected chi connectivity index (χ1v) is 12.1. The zero-order valence-corrected chi connectivity index (χ0v) is 21.0. The lowest BCUT2D eigenvalue weighted by Crippen LogP contribution is -2.27. The Labute approximate surface area is 195 Å². The van der Waals surface area contributed by atoms with E-state index >= 15 is 0 Å². The van der Waals surface area contributed by atoms with Crippen LogP contribution in [0.5, 0.6) is 0 Å². The zero-order chi connectivity index (χ0) is 23.8. The van der Waals surface area contributed by atoms with Crippen molar-refractivity contribution in [3.63, 3.8) is 0 Å². The first kappa shape index (κ1) is 31.2. The van der Waals surface area contributed by atoms with Crippen LogP contribution in [0, 0.1) is 0 Å². The van der Waals surface area contributed by atoms with E-state index in [-0.39, 0.29) is 12.6 Å². The van der Waals surface area contributed by atoms with Gasteiger partial charge in [0.1, 0.15) is 12.2 Å². The fourth-order valence-electron chi connectivity index (χ4n) is 2.61. The van der Waals surface area contributed by atoms with Gasteiger partial charge in [-0.05, 0) is 27.2 Å². The molecule has 8 nitrogen and oxygen atoms in total. The van der Waals surface area contributed by atoms with Crippen molar-refractivity contribution in [3.05, 3.63) is 0 Å². The van der Waals surface area contributed by atoms with Crippen LogP contribution in [0.15, 0.2) is 0 Å². The summed E-state index contributed by atoms with van der Waals surface area (Å²) in [4.78, 5) is 11.4. The molecular weight excluding hydrogens is 416 g/mol. The van der Waals surface area contributed by atoms with Crippen molar-refractivity contribution >= 4 is 5.97 Å². The number of ether oxygens (including phenoxy) is 7. The predicted octanol–water partition coefficient (Wildman–Crippen LogP) is 3.79. The van der Waals surface area contributed by atoms with Crippen molar-refractivity contribution in [1.29, 1.82) is 0 Å². The van der Waals surface area contributed by atoms with Gasteiger partial charge in [-0.15, -0.1) is 0 Å². The minimum absolute atomic E-state index is 0.0651. The second-order valence-electron chi connectivity index (χ2n) is 8.47. The van der Waals surface area contributed by atoms with E-state index in [9.17, 15) is 4.79 Å². The maximum Gasteiger partial charge on any atom is 0.332 e. The van der Waals surface area contributed by atoms with Crippen LogP contribution in [-0.2, 0) is 38.0 Å². The molecule has 32 heavy (non-hydrogen) atoms. The minimum atomic E-state index is -0.493. The van der Waals surface area contributed by atoms with Crippen LogP contribution >= 0.6 is 0 Å². The van der Waals surface area contributed by atoms with Crippen LogP contribution in [-0.4, -0.2) is 90.9 Å². The maximum atomic E-state index is 11.4. The molecule has 0 spiro atoms. The van der Waals surface area contributed by atoms with Crippen molar-refractivity contribution in [2.24, 2.45) is 0 Å². The summed E-state index contributed by atoms with van der Waals surface area (Å²) in [5.74, 6) is -0.372. The van der Waals surface area contributed by atoms with Gasteiger partial charge in [-0.1, -0.05) is 39.0 Å². The van der Waals surface area contributed by atoms with Gasteiger partial charge in [-0.3, -0.25) is 0 Å². The molecule has 0 aromatic carbocycles. The number of rotatable bonds is 24. The highest BCUT2D eigenvalue weighted by Crippen LogP contribution is 2.06. The summed E-state index contributed by atoms with van der Waals surface area (Å²) in [6.45, 7) is 13.6. The molecule has 0 aromatic rings. The first-order valence-electron chi connectivity index (χ1n) is 12.1. The van der Waals surface area contributed by atoms with Gasteiger partial charge in [0.2, 0.25) is 0 Å². The molecule has 0 heterocycles. The molecule has 0 aliphatic carbocycles. The quantitative estimate of drug-likeness (QED) is 0.158. The Bertz CT molecular complexity index is 398. The van der Waals surface area contributed by atoms with E-state index in [1.807, 2.05) is 20.8 Å². The molecule has 0 fully saturated rings. The predicted molar refractivity (Wildman–Crippen MR) is 124 cm³/mol. The molecule has 0 aromatic heterocycles. The van der Waals surface area contributed by atoms with E-state index < -0.39 is 5.60 Å². The minimum Gasteiger partial charge on any atom is -0.458 e. The Morgan fingerprint density at radius 2 is 0.906 bits per heavy atom. The van der Waals surface area contributed by atoms with E-state index in [1.54, 1.807) is 0 Å². The van der Waals surface area contributed by atoms with Crippen molar-refractivity contribution in [2.45, 2.75) is 71.8 Å². The molecule has 0 atom stereocenters. The molecule has 192 valence electrons. The first-order chi connectivity index (χ1) is 15.5. The third kappa shape index (κ3) is 27.3. The molecule has 0 saturated carbocycles. The van der Waals surface area contributed by atoms with Crippen molar-refractivity contribution in [2.75, 3.05) is 79.3 Å². The SMILES string of the molecule is CCCCCCCCOCCOCCOCCOCCOCCOCC(=O)OC(C)(C)C. The van der Waals surface area contributed by atoms with Crippen LogP contribution in [0.4, 0.5) is 0 Å². The van der Waals surface area contributed by atoms with E-state index in [0.29, 0.717) is 66.1 Å². The van der Waals surface area contributed by atoms with Crippen LogP contribution in [0.25, 0.3) is 0 Å². The molecule has 0 saturated heterocycles. The maximum absolute atomic E-state index is 11.4. The molecular formula is C24H48O8. The second kappa shape index (κ2) is 23.4. The summed E-state index contributed by atoms with van der Waals surface area (Å²) in [5.41, 5.74) is -0.493. The Morgan fingerprint density at radius 3 is 1.34 bits per heavy atom. The number of carbonyl (C=O) groups excluding carboxylic acids is 1. The van der Waals surface area contributed by atoms with Gasteiger partial charge >= 0.3 is 5.97 Å². The molecule has 0 aliphatic heterocycles. The van der Waals surface area contributed by atoms with E-state index in [2.05, 4.69) is 6.92 Å². The molecule has 0 bridgehead atoms. The molecule has 0 radical (unpaired) electrons. The molecule has 0 N–H and O–H groups in total.